The molecule has 0 bridgehead atoms. The lowest BCUT2D eigenvalue weighted by Gasteiger charge is -2.16. The van der Waals surface area contributed by atoms with Gasteiger partial charge in [-0.15, -0.1) is 0 Å². The number of aromatic nitrogens is 6. The second-order valence-corrected chi connectivity index (χ2v) is 7.41. The number of hydrogen-bond acceptors (Lipinski definition) is 5. The van der Waals surface area contributed by atoms with Gasteiger partial charge in [-0.3, -0.25) is 9.36 Å². The molecule has 3 heterocycles. The average Bonchev–Trinajstić information content (AvgIpc) is 3.32. The highest BCUT2D eigenvalue weighted by Crippen LogP contribution is 2.39. The fourth-order valence-electron chi connectivity index (χ4n) is 3.88. The van der Waals surface area contributed by atoms with Crippen molar-refractivity contribution in [2.24, 2.45) is 7.05 Å². The molecule has 0 saturated carbocycles. The van der Waals surface area contributed by atoms with Crippen LogP contribution in [-0.4, -0.2) is 29.5 Å². The van der Waals surface area contributed by atoms with Gasteiger partial charge in [-0.1, -0.05) is 29.8 Å². The first-order chi connectivity index (χ1) is 14.1. The van der Waals surface area contributed by atoms with Crippen LogP contribution >= 0.6 is 0 Å². The van der Waals surface area contributed by atoms with E-state index in [1.54, 1.807) is 0 Å². The van der Waals surface area contributed by atoms with Gasteiger partial charge in [0.2, 0.25) is 5.95 Å². The van der Waals surface area contributed by atoms with E-state index in [0.717, 1.165) is 59.0 Å². The molecule has 1 aliphatic rings. The Hall–Kier alpha value is -3.48. The molecular weight excluding hydrogens is 362 g/mol. The molecule has 3 aromatic heterocycles. The third-order valence-electron chi connectivity index (χ3n) is 5.38. The summed E-state index contributed by atoms with van der Waals surface area (Å²) < 4.78 is 3.85. The summed E-state index contributed by atoms with van der Waals surface area (Å²) in [6, 6.07) is 10.5. The second-order valence-electron chi connectivity index (χ2n) is 7.41. The Balaban J connectivity index is 1.59. The highest BCUT2D eigenvalue weighted by Gasteiger charge is 2.27. The Morgan fingerprint density at radius 3 is 2.66 bits per heavy atom. The summed E-state index contributed by atoms with van der Waals surface area (Å²) in [5.41, 5.74) is 7.81. The van der Waals surface area contributed by atoms with Crippen LogP contribution in [-0.2, 0) is 26.4 Å². The van der Waals surface area contributed by atoms with E-state index in [1.165, 1.54) is 5.56 Å². The van der Waals surface area contributed by atoms with Gasteiger partial charge in [0.05, 0.1) is 17.1 Å². The standard InChI is InChI=1S/C22H23N7/c1-4-29-12-11-18(27-29)24-22-23-13-16-9-10-17-19(20(16)25-22)21(28(3)26-17)15-7-5-14(2)6-8-15/h5-8,11-13H,4,9-10H2,1-3H3,(H,23,24,25,27). The molecule has 0 atom stereocenters. The molecule has 0 spiro atoms. The van der Waals surface area contributed by atoms with Crippen LogP contribution in [0.5, 0.6) is 0 Å². The molecule has 5 rings (SSSR count). The first-order valence-electron chi connectivity index (χ1n) is 9.92. The summed E-state index contributed by atoms with van der Waals surface area (Å²) in [5.74, 6) is 1.30. The zero-order valence-electron chi connectivity index (χ0n) is 16.8. The Morgan fingerprint density at radius 2 is 1.90 bits per heavy atom. The normalized spacial score (nSPS) is 12.5. The molecule has 29 heavy (non-hydrogen) atoms. The van der Waals surface area contributed by atoms with Gasteiger partial charge in [-0.25, -0.2) is 9.97 Å². The molecule has 1 N–H and O–H groups in total. The van der Waals surface area contributed by atoms with Crippen molar-refractivity contribution in [1.29, 1.82) is 0 Å². The van der Waals surface area contributed by atoms with Crippen LogP contribution in [0, 0.1) is 6.92 Å². The van der Waals surface area contributed by atoms with Gasteiger partial charge in [0, 0.05) is 43.2 Å². The third kappa shape index (κ3) is 3.08. The lowest BCUT2D eigenvalue weighted by molar-refractivity contribution is 0.662. The smallest absolute Gasteiger partial charge is 0.228 e. The van der Waals surface area contributed by atoms with Crippen molar-refractivity contribution < 1.29 is 0 Å². The van der Waals surface area contributed by atoms with Gasteiger partial charge in [0.1, 0.15) is 0 Å². The molecule has 1 aromatic carbocycles. The van der Waals surface area contributed by atoms with E-state index in [0.29, 0.717) is 5.95 Å². The van der Waals surface area contributed by atoms with E-state index in [-0.39, 0.29) is 0 Å². The van der Waals surface area contributed by atoms with Crippen molar-refractivity contribution in [2.45, 2.75) is 33.2 Å². The molecule has 0 fully saturated rings. The van der Waals surface area contributed by atoms with Crippen LogP contribution in [0.1, 0.15) is 23.7 Å². The summed E-state index contributed by atoms with van der Waals surface area (Å²) in [5, 5.41) is 12.5. The number of nitrogens with one attached hydrogen (secondary N) is 1. The van der Waals surface area contributed by atoms with E-state index >= 15 is 0 Å². The predicted octanol–water partition coefficient (Wildman–Crippen LogP) is 3.91. The lowest BCUT2D eigenvalue weighted by atomic mass is 9.91. The predicted molar refractivity (Wildman–Crippen MR) is 113 cm³/mol. The van der Waals surface area contributed by atoms with Crippen LogP contribution in [0.3, 0.4) is 0 Å². The summed E-state index contributed by atoms with van der Waals surface area (Å²) in [6.45, 7) is 4.98. The van der Waals surface area contributed by atoms with Crippen molar-refractivity contribution in [1.82, 2.24) is 29.5 Å². The molecule has 0 unspecified atom stereocenters. The maximum absolute atomic E-state index is 4.88. The largest absolute Gasteiger partial charge is 0.307 e. The fraction of sp³-hybridized carbons (Fsp3) is 0.273. The SMILES string of the molecule is CCn1ccc(Nc2ncc3c(n2)-c2c(nn(C)c2-c2ccc(C)cc2)CC3)n1. The molecule has 7 heteroatoms. The number of hydrogen-bond donors (Lipinski definition) is 1. The van der Waals surface area contributed by atoms with Crippen LogP contribution in [0.25, 0.3) is 22.5 Å². The topological polar surface area (TPSA) is 73.5 Å². The van der Waals surface area contributed by atoms with Gasteiger partial charge < -0.3 is 5.32 Å². The zero-order chi connectivity index (χ0) is 20.0. The van der Waals surface area contributed by atoms with Gasteiger partial charge in [0.15, 0.2) is 5.82 Å². The molecule has 7 nitrogen and oxygen atoms in total. The molecule has 0 amide bonds. The van der Waals surface area contributed by atoms with Gasteiger partial charge in [-0.05, 0) is 32.3 Å². The molecule has 0 aliphatic heterocycles. The fourth-order valence-corrected chi connectivity index (χ4v) is 3.88. The Bertz CT molecular complexity index is 1180. The maximum atomic E-state index is 4.88. The highest BCUT2D eigenvalue weighted by atomic mass is 15.3. The number of fused-ring (bicyclic) bond motifs is 3. The van der Waals surface area contributed by atoms with Gasteiger partial charge in [-0.2, -0.15) is 10.2 Å². The van der Waals surface area contributed by atoms with Crippen molar-refractivity contribution in [2.75, 3.05) is 5.32 Å². The third-order valence-corrected chi connectivity index (χ3v) is 5.38. The lowest BCUT2D eigenvalue weighted by Crippen LogP contribution is -2.08. The van der Waals surface area contributed by atoms with Crippen LogP contribution in [0.4, 0.5) is 11.8 Å². The quantitative estimate of drug-likeness (QED) is 0.577. The number of benzene rings is 1. The van der Waals surface area contributed by atoms with E-state index in [1.807, 2.05) is 34.9 Å². The number of rotatable bonds is 4. The first-order valence-corrected chi connectivity index (χ1v) is 9.92. The van der Waals surface area contributed by atoms with Crippen molar-refractivity contribution in [3.8, 4) is 22.5 Å². The Morgan fingerprint density at radius 1 is 1.07 bits per heavy atom. The molecule has 4 aromatic rings. The minimum Gasteiger partial charge on any atom is -0.307 e. The van der Waals surface area contributed by atoms with Crippen molar-refractivity contribution in [3.05, 3.63) is 59.5 Å². The van der Waals surface area contributed by atoms with Crippen LogP contribution in [0.2, 0.25) is 0 Å². The van der Waals surface area contributed by atoms with E-state index in [9.17, 15) is 0 Å². The molecule has 146 valence electrons. The van der Waals surface area contributed by atoms with Gasteiger partial charge in [0.25, 0.3) is 0 Å². The highest BCUT2D eigenvalue weighted by molar-refractivity contribution is 5.84. The van der Waals surface area contributed by atoms with Crippen LogP contribution < -0.4 is 5.32 Å². The zero-order valence-corrected chi connectivity index (χ0v) is 16.8. The summed E-state index contributed by atoms with van der Waals surface area (Å²) in [7, 11) is 2.00. The Labute approximate surface area is 169 Å². The van der Waals surface area contributed by atoms with Crippen LogP contribution in [0.15, 0.2) is 42.7 Å². The summed E-state index contributed by atoms with van der Waals surface area (Å²) in [6.07, 6.45) is 5.67. The van der Waals surface area contributed by atoms with Crippen molar-refractivity contribution >= 4 is 11.8 Å². The second kappa shape index (κ2) is 6.84. The van der Waals surface area contributed by atoms with E-state index in [2.05, 4.69) is 53.5 Å². The summed E-state index contributed by atoms with van der Waals surface area (Å²) >= 11 is 0. The Kier molecular flexibility index (Phi) is 4.16. The molecule has 1 aliphatic carbocycles. The minimum atomic E-state index is 0.552. The van der Waals surface area contributed by atoms with Gasteiger partial charge >= 0.3 is 0 Å². The number of nitrogens with zero attached hydrogens (tertiary/aromatic N) is 6. The van der Waals surface area contributed by atoms with Crippen molar-refractivity contribution in [3.63, 3.8) is 0 Å². The minimum absolute atomic E-state index is 0.552. The average molecular weight is 385 g/mol. The monoisotopic (exact) mass is 385 g/mol. The summed E-state index contributed by atoms with van der Waals surface area (Å²) in [4.78, 5) is 9.39. The van der Waals surface area contributed by atoms with E-state index in [4.69, 9.17) is 10.1 Å². The first kappa shape index (κ1) is 17.6. The number of anilines is 2. The molecule has 0 saturated heterocycles. The maximum Gasteiger partial charge on any atom is 0.228 e. The van der Waals surface area contributed by atoms with E-state index < -0.39 is 0 Å². The molecular formula is C22H23N7. The number of aryl methyl sites for hydroxylation is 5. The molecule has 0 radical (unpaired) electrons.